The van der Waals surface area contributed by atoms with Crippen molar-refractivity contribution in [2.75, 3.05) is 19.6 Å². The zero-order chi connectivity index (χ0) is 15.3. The van der Waals surface area contributed by atoms with Gasteiger partial charge in [-0.2, -0.15) is 0 Å². The van der Waals surface area contributed by atoms with Crippen molar-refractivity contribution in [2.45, 2.75) is 53.0 Å². The van der Waals surface area contributed by atoms with E-state index in [-0.39, 0.29) is 18.5 Å². The van der Waals surface area contributed by atoms with Gasteiger partial charge in [-0.1, -0.05) is 13.8 Å². The standard InChI is InChI=1S/C15H28N2O3/c1-11(2)13-7-9-16(10-13)15(20)17(12(3)4)8-5-6-14(18)19/h11-13H,5-10H2,1-4H3,(H,18,19). The minimum atomic E-state index is -0.804. The van der Waals surface area contributed by atoms with Crippen molar-refractivity contribution in [2.24, 2.45) is 11.8 Å². The summed E-state index contributed by atoms with van der Waals surface area (Å²) < 4.78 is 0. The topological polar surface area (TPSA) is 60.9 Å². The number of urea groups is 1. The molecule has 116 valence electrons. The van der Waals surface area contributed by atoms with Crippen LogP contribution >= 0.6 is 0 Å². The van der Waals surface area contributed by atoms with Gasteiger partial charge in [0.15, 0.2) is 0 Å². The summed E-state index contributed by atoms with van der Waals surface area (Å²) in [5, 5.41) is 8.70. The van der Waals surface area contributed by atoms with E-state index in [0.29, 0.717) is 24.8 Å². The monoisotopic (exact) mass is 284 g/mol. The van der Waals surface area contributed by atoms with Crippen LogP contribution < -0.4 is 0 Å². The Balaban J connectivity index is 2.54. The summed E-state index contributed by atoms with van der Waals surface area (Å²) in [6, 6.07) is 0.169. The predicted molar refractivity (Wildman–Crippen MR) is 78.6 cm³/mol. The van der Waals surface area contributed by atoms with E-state index in [9.17, 15) is 9.59 Å². The van der Waals surface area contributed by atoms with Gasteiger partial charge in [0.25, 0.3) is 0 Å². The van der Waals surface area contributed by atoms with Gasteiger partial charge in [-0.3, -0.25) is 4.79 Å². The first kappa shape index (κ1) is 16.8. The maximum Gasteiger partial charge on any atom is 0.320 e. The summed E-state index contributed by atoms with van der Waals surface area (Å²) in [6.07, 6.45) is 1.70. The highest BCUT2D eigenvalue weighted by molar-refractivity contribution is 5.75. The van der Waals surface area contributed by atoms with E-state index in [0.717, 1.165) is 19.5 Å². The van der Waals surface area contributed by atoms with E-state index < -0.39 is 5.97 Å². The average Bonchev–Trinajstić information content (AvgIpc) is 2.82. The van der Waals surface area contributed by atoms with Crippen LogP contribution in [-0.4, -0.2) is 52.6 Å². The minimum absolute atomic E-state index is 0.0635. The second kappa shape index (κ2) is 7.50. The summed E-state index contributed by atoms with van der Waals surface area (Å²) in [5.74, 6) is 0.390. The predicted octanol–water partition coefficient (Wildman–Crippen LogP) is 2.66. The third-order valence-corrected chi connectivity index (χ3v) is 4.10. The van der Waals surface area contributed by atoms with Crippen LogP contribution in [0.2, 0.25) is 0 Å². The molecule has 1 fully saturated rings. The Labute approximate surface area is 121 Å². The first-order chi connectivity index (χ1) is 9.32. The molecule has 1 saturated heterocycles. The van der Waals surface area contributed by atoms with Gasteiger partial charge < -0.3 is 14.9 Å². The quantitative estimate of drug-likeness (QED) is 0.815. The SMILES string of the molecule is CC(C)C1CCN(C(=O)N(CCCC(=O)O)C(C)C)C1. The molecule has 1 heterocycles. The Kier molecular flexibility index (Phi) is 6.30. The van der Waals surface area contributed by atoms with Crippen molar-refractivity contribution in [3.63, 3.8) is 0 Å². The second-order valence-electron chi connectivity index (χ2n) is 6.31. The molecule has 0 bridgehead atoms. The molecule has 0 saturated carbocycles. The molecule has 0 aromatic heterocycles. The number of rotatable bonds is 6. The Bertz CT molecular complexity index is 342. The molecule has 1 rings (SSSR count). The van der Waals surface area contributed by atoms with Crippen molar-refractivity contribution in [3.05, 3.63) is 0 Å². The third kappa shape index (κ3) is 4.69. The number of amides is 2. The maximum atomic E-state index is 12.5. The largest absolute Gasteiger partial charge is 0.481 e. The average molecular weight is 284 g/mol. The van der Waals surface area contributed by atoms with Crippen molar-refractivity contribution < 1.29 is 14.7 Å². The third-order valence-electron chi connectivity index (χ3n) is 4.10. The zero-order valence-electron chi connectivity index (χ0n) is 13.1. The van der Waals surface area contributed by atoms with E-state index in [4.69, 9.17) is 5.11 Å². The molecule has 2 amide bonds. The minimum Gasteiger partial charge on any atom is -0.481 e. The summed E-state index contributed by atoms with van der Waals surface area (Å²) in [4.78, 5) is 26.8. The molecule has 0 aromatic carbocycles. The van der Waals surface area contributed by atoms with E-state index in [1.807, 2.05) is 18.7 Å². The van der Waals surface area contributed by atoms with Gasteiger partial charge in [-0.05, 0) is 38.5 Å². The molecule has 20 heavy (non-hydrogen) atoms. The van der Waals surface area contributed by atoms with Crippen LogP contribution in [0.25, 0.3) is 0 Å². The molecule has 1 atom stereocenters. The van der Waals surface area contributed by atoms with Gasteiger partial charge >= 0.3 is 12.0 Å². The highest BCUT2D eigenvalue weighted by Gasteiger charge is 2.31. The molecule has 1 aliphatic rings. The zero-order valence-corrected chi connectivity index (χ0v) is 13.1. The highest BCUT2D eigenvalue weighted by atomic mass is 16.4. The van der Waals surface area contributed by atoms with Gasteiger partial charge in [-0.25, -0.2) is 4.79 Å². The van der Waals surface area contributed by atoms with Crippen LogP contribution in [-0.2, 0) is 4.79 Å². The fourth-order valence-electron chi connectivity index (χ4n) is 2.66. The lowest BCUT2D eigenvalue weighted by molar-refractivity contribution is -0.137. The van der Waals surface area contributed by atoms with Crippen molar-refractivity contribution in [1.82, 2.24) is 9.80 Å². The fourth-order valence-corrected chi connectivity index (χ4v) is 2.66. The number of aliphatic carboxylic acids is 1. The lowest BCUT2D eigenvalue weighted by Crippen LogP contribution is -2.46. The molecule has 0 aliphatic carbocycles. The van der Waals surface area contributed by atoms with E-state index in [2.05, 4.69) is 13.8 Å². The number of carboxylic acid groups (broad SMARTS) is 1. The van der Waals surface area contributed by atoms with E-state index in [1.165, 1.54) is 0 Å². The van der Waals surface area contributed by atoms with Crippen LogP contribution in [0.3, 0.4) is 0 Å². The number of hydrogen-bond acceptors (Lipinski definition) is 2. The van der Waals surface area contributed by atoms with Crippen LogP contribution in [0.15, 0.2) is 0 Å². The van der Waals surface area contributed by atoms with Crippen molar-refractivity contribution >= 4 is 12.0 Å². The number of hydrogen-bond donors (Lipinski definition) is 1. The lowest BCUT2D eigenvalue weighted by atomic mass is 9.95. The first-order valence-corrected chi connectivity index (χ1v) is 7.60. The molecule has 0 aromatic rings. The van der Waals surface area contributed by atoms with Crippen LogP contribution in [0.4, 0.5) is 4.79 Å². The molecular weight excluding hydrogens is 256 g/mol. The Morgan fingerprint density at radius 1 is 1.30 bits per heavy atom. The van der Waals surface area contributed by atoms with Crippen molar-refractivity contribution in [1.29, 1.82) is 0 Å². The number of carboxylic acids is 1. The molecular formula is C15H28N2O3. The normalized spacial score (nSPS) is 18.9. The maximum absolute atomic E-state index is 12.5. The number of carbonyl (C=O) groups is 2. The summed E-state index contributed by atoms with van der Waals surface area (Å²) >= 11 is 0. The molecule has 5 nitrogen and oxygen atoms in total. The number of likely N-dealkylation sites (tertiary alicyclic amines) is 1. The van der Waals surface area contributed by atoms with Gasteiger partial charge in [0.1, 0.15) is 0 Å². The van der Waals surface area contributed by atoms with E-state index >= 15 is 0 Å². The molecule has 1 aliphatic heterocycles. The van der Waals surface area contributed by atoms with Crippen molar-refractivity contribution in [3.8, 4) is 0 Å². The van der Waals surface area contributed by atoms with E-state index in [1.54, 1.807) is 4.90 Å². The number of carbonyl (C=O) groups excluding carboxylic acids is 1. The Morgan fingerprint density at radius 2 is 1.95 bits per heavy atom. The highest BCUT2D eigenvalue weighted by Crippen LogP contribution is 2.24. The Hall–Kier alpha value is -1.26. The molecule has 1 N–H and O–H groups in total. The summed E-state index contributed by atoms with van der Waals surface area (Å²) in [7, 11) is 0. The van der Waals surface area contributed by atoms with Gasteiger partial charge in [0, 0.05) is 32.1 Å². The first-order valence-electron chi connectivity index (χ1n) is 7.60. The van der Waals surface area contributed by atoms with Crippen LogP contribution in [0.5, 0.6) is 0 Å². The van der Waals surface area contributed by atoms with Crippen LogP contribution in [0, 0.1) is 11.8 Å². The molecule has 1 unspecified atom stereocenters. The Morgan fingerprint density at radius 3 is 2.40 bits per heavy atom. The second-order valence-corrected chi connectivity index (χ2v) is 6.31. The lowest BCUT2D eigenvalue weighted by Gasteiger charge is -2.31. The molecule has 5 heteroatoms. The summed E-state index contributed by atoms with van der Waals surface area (Å²) in [6.45, 7) is 10.5. The summed E-state index contributed by atoms with van der Waals surface area (Å²) in [5.41, 5.74) is 0. The molecule has 0 spiro atoms. The smallest absolute Gasteiger partial charge is 0.320 e. The van der Waals surface area contributed by atoms with Gasteiger partial charge in [-0.15, -0.1) is 0 Å². The fraction of sp³-hybridized carbons (Fsp3) is 0.867. The van der Waals surface area contributed by atoms with Crippen LogP contribution in [0.1, 0.15) is 47.0 Å². The molecule has 0 radical (unpaired) electrons. The number of nitrogens with zero attached hydrogens (tertiary/aromatic N) is 2. The van der Waals surface area contributed by atoms with Gasteiger partial charge in [0.05, 0.1) is 0 Å². The van der Waals surface area contributed by atoms with Gasteiger partial charge in [0.2, 0.25) is 0 Å².